The van der Waals surface area contributed by atoms with Crippen molar-refractivity contribution < 1.29 is 9.72 Å². The van der Waals surface area contributed by atoms with E-state index in [0.29, 0.717) is 31.1 Å². The fourth-order valence-corrected chi connectivity index (χ4v) is 2.23. The molecule has 0 aliphatic carbocycles. The molecule has 4 N–H and O–H groups in total. The first-order valence-electron chi connectivity index (χ1n) is 6.06. The highest BCUT2D eigenvalue weighted by Gasteiger charge is 2.27. The summed E-state index contributed by atoms with van der Waals surface area (Å²) in [6, 6.07) is 4.13. The quantitative estimate of drug-likeness (QED) is 0.471. The number of carbonyl (C=O) groups excluding carboxylic acids is 1. The minimum absolute atomic E-state index is 0.0582. The van der Waals surface area contributed by atoms with Crippen LogP contribution in [0.4, 0.5) is 11.4 Å². The van der Waals surface area contributed by atoms with Gasteiger partial charge in [0.1, 0.15) is 5.69 Å². The van der Waals surface area contributed by atoms with E-state index in [0.717, 1.165) is 6.42 Å². The fraction of sp³-hybridized carbons (Fsp3) is 0.417. The van der Waals surface area contributed by atoms with Gasteiger partial charge in [-0.15, -0.1) is 0 Å². The molecule has 1 heterocycles. The summed E-state index contributed by atoms with van der Waals surface area (Å²) in [6.45, 7) is 1.79. The Morgan fingerprint density at radius 1 is 1.53 bits per heavy atom. The average molecular weight is 264 g/mol. The summed E-state index contributed by atoms with van der Waals surface area (Å²) in [5.41, 5.74) is 11.2. The number of nitrogens with two attached hydrogens (primary N) is 2. The SMILES string of the molecule is NCC1CCN(C(=O)c2ccc(N)c([N+](=O)[O-])c2)C1. The molecule has 1 amide bonds. The summed E-state index contributed by atoms with van der Waals surface area (Å²) in [7, 11) is 0. The lowest BCUT2D eigenvalue weighted by atomic mass is 10.1. The van der Waals surface area contributed by atoms with Crippen molar-refractivity contribution in [2.45, 2.75) is 6.42 Å². The van der Waals surface area contributed by atoms with Crippen molar-refractivity contribution in [3.8, 4) is 0 Å². The molecule has 1 fully saturated rings. The lowest BCUT2D eigenvalue weighted by molar-refractivity contribution is -0.383. The minimum atomic E-state index is -0.585. The maximum Gasteiger partial charge on any atom is 0.292 e. The number of hydrogen-bond acceptors (Lipinski definition) is 5. The summed E-state index contributed by atoms with van der Waals surface area (Å²) in [5, 5.41) is 10.8. The molecule has 7 nitrogen and oxygen atoms in total. The van der Waals surface area contributed by atoms with Gasteiger partial charge in [-0.25, -0.2) is 0 Å². The normalized spacial score (nSPS) is 18.6. The van der Waals surface area contributed by atoms with Crippen LogP contribution in [0, 0.1) is 16.0 Å². The van der Waals surface area contributed by atoms with E-state index < -0.39 is 4.92 Å². The maximum absolute atomic E-state index is 12.2. The molecule has 2 rings (SSSR count). The van der Waals surface area contributed by atoms with Gasteiger partial charge < -0.3 is 16.4 Å². The number of carbonyl (C=O) groups is 1. The number of amides is 1. The van der Waals surface area contributed by atoms with Crippen molar-refractivity contribution in [1.29, 1.82) is 0 Å². The Balaban J connectivity index is 2.20. The van der Waals surface area contributed by atoms with Crippen LogP contribution in [-0.4, -0.2) is 35.4 Å². The molecule has 1 aliphatic heterocycles. The lowest BCUT2D eigenvalue weighted by Gasteiger charge is -2.16. The molecule has 0 radical (unpaired) electrons. The summed E-state index contributed by atoms with van der Waals surface area (Å²) < 4.78 is 0. The smallest absolute Gasteiger partial charge is 0.292 e. The van der Waals surface area contributed by atoms with Crippen molar-refractivity contribution >= 4 is 17.3 Å². The van der Waals surface area contributed by atoms with Gasteiger partial charge in [0.05, 0.1) is 4.92 Å². The van der Waals surface area contributed by atoms with E-state index in [1.54, 1.807) is 4.90 Å². The number of nitro groups is 1. The molecule has 1 aromatic rings. The molecule has 1 atom stereocenters. The van der Waals surface area contributed by atoms with Crippen LogP contribution in [0.15, 0.2) is 18.2 Å². The van der Waals surface area contributed by atoms with Crippen molar-refractivity contribution in [3.05, 3.63) is 33.9 Å². The van der Waals surface area contributed by atoms with Gasteiger partial charge in [-0.05, 0) is 31.0 Å². The second kappa shape index (κ2) is 5.23. The van der Waals surface area contributed by atoms with Crippen LogP contribution in [0.5, 0.6) is 0 Å². The number of nitrogens with zero attached hydrogens (tertiary/aromatic N) is 2. The Morgan fingerprint density at radius 3 is 2.84 bits per heavy atom. The van der Waals surface area contributed by atoms with Gasteiger partial charge in [0.15, 0.2) is 0 Å². The average Bonchev–Trinajstić information content (AvgIpc) is 2.87. The zero-order chi connectivity index (χ0) is 14.0. The molecule has 1 aromatic carbocycles. The Kier molecular flexibility index (Phi) is 3.66. The van der Waals surface area contributed by atoms with Gasteiger partial charge in [-0.1, -0.05) is 0 Å². The van der Waals surface area contributed by atoms with Crippen molar-refractivity contribution in [2.24, 2.45) is 11.7 Å². The van der Waals surface area contributed by atoms with Gasteiger partial charge in [-0.3, -0.25) is 14.9 Å². The monoisotopic (exact) mass is 264 g/mol. The number of hydrogen-bond donors (Lipinski definition) is 2. The summed E-state index contributed by atoms with van der Waals surface area (Å²) in [6.07, 6.45) is 0.874. The third-order valence-corrected chi connectivity index (χ3v) is 3.38. The zero-order valence-electron chi connectivity index (χ0n) is 10.4. The second-order valence-corrected chi connectivity index (χ2v) is 4.67. The summed E-state index contributed by atoms with van der Waals surface area (Å²) in [5.74, 6) is 0.103. The summed E-state index contributed by atoms with van der Waals surface area (Å²) >= 11 is 0. The van der Waals surface area contributed by atoms with Gasteiger partial charge in [0.2, 0.25) is 0 Å². The number of nitro benzene ring substituents is 1. The predicted octanol–water partition coefficient (Wildman–Crippen LogP) is 0.598. The zero-order valence-corrected chi connectivity index (χ0v) is 10.4. The van der Waals surface area contributed by atoms with Crippen LogP contribution in [0.1, 0.15) is 16.8 Å². The van der Waals surface area contributed by atoms with E-state index >= 15 is 0 Å². The van der Waals surface area contributed by atoms with Crippen LogP contribution in [0.2, 0.25) is 0 Å². The van der Waals surface area contributed by atoms with Crippen molar-refractivity contribution in [1.82, 2.24) is 4.90 Å². The molecule has 19 heavy (non-hydrogen) atoms. The molecule has 0 saturated carbocycles. The first kappa shape index (κ1) is 13.3. The maximum atomic E-state index is 12.2. The molecule has 1 unspecified atom stereocenters. The summed E-state index contributed by atoms with van der Waals surface area (Å²) in [4.78, 5) is 24.1. The molecule has 102 valence electrons. The molecule has 0 aromatic heterocycles. The van der Waals surface area contributed by atoms with Gasteiger partial charge in [0, 0.05) is 24.7 Å². The van der Waals surface area contributed by atoms with E-state index in [1.165, 1.54) is 18.2 Å². The Morgan fingerprint density at radius 2 is 2.26 bits per heavy atom. The number of benzene rings is 1. The number of likely N-dealkylation sites (tertiary alicyclic amines) is 1. The van der Waals surface area contributed by atoms with E-state index in [9.17, 15) is 14.9 Å². The second-order valence-electron chi connectivity index (χ2n) is 4.67. The van der Waals surface area contributed by atoms with Crippen molar-refractivity contribution in [2.75, 3.05) is 25.4 Å². The van der Waals surface area contributed by atoms with Gasteiger partial charge >= 0.3 is 0 Å². The number of anilines is 1. The third kappa shape index (κ3) is 2.65. The highest BCUT2D eigenvalue weighted by atomic mass is 16.6. The lowest BCUT2D eigenvalue weighted by Crippen LogP contribution is -2.29. The first-order valence-corrected chi connectivity index (χ1v) is 6.06. The molecule has 0 spiro atoms. The van der Waals surface area contributed by atoms with Crippen LogP contribution in [-0.2, 0) is 0 Å². The molecule has 7 heteroatoms. The van der Waals surface area contributed by atoms with Crippen LogP contribution in [0.25, 0.3) is 0 Å². The Hall–Kier alpha value is -2.15. The minimum Gasteiger partial charge on any atom is -0.393 e. The topological polar surface area (TPSA) is 115 Å². The molecule has 1 aliphatic rings. The highest BCUT2D eigenvalue weighted by Crippen LogP contribution is 2.24. The van der Waals surface area contributed by atoms with Crippen LogP contribution >= 0.6 is 0 Å². The van der Waals surface area contributed by atoms with Crippen LogP contribution < -0.4 is 11.5 Å². The number of rotatable bonds is 3. The van der Waals surface area contributed by atoms with E-state index in [4.69, 9.17) is 11.5 Å². The largest absolute Gasteiger partial charge is 0.393 e. The van der Waals surface area contributed by atoms with E-state index in [-0.39, 0.29) is 17.3 Å². The molecular formula is C12H16N4O3. The molecule has 1 saturated heterocycles. The molecular weight excluding hydrogens is 248 g/mol. The standard InChI is InChI=1S/C12H16N4O3/c13-6-8-3-4-15(7-8)12(17)9-1-2-10(14)11(5-9)16(18)19/h1-2,5,8H,3-4,6-7,13-14H2. The highest BCUT2D eigenvalue weighted by molar-refractivity contribution is 5.95. The Bertz CT molecular complexity index is 518. The Labute approximate surface area is 110 Å². The van der Waals surface area contributed by atoms with Gasteiger partial charge in [-0.2, -0.15) is 0 Å². The fourth-order valence-electron chi connectivity index (χ4n) is 2.23. The third-order valence-electron chi connectivity index (χ3n) is 3.38. The first-order chi connectivity index (χ1) is 9.02. The number of nitrogen functional groups attached to an aromatic ring is 1. The van der Waals surface area contributed by atoms with Crippen molar-refractivity contribution in [3.63, 3.8) is 0 Å². The van der Waals surface area contributed by atoms with Gasteiger partial charge in [0.25, 0.3) is 11.6 Å². The van der Waals surface area contributed by atoms with Crippen LogP contribution in [0.3, 0.4) is 0 Å². The van der Waals surface area contributed by atoms with E-state index in [2.05, 4.69) is 0 Å². The van der Waals surface area contributed by atoms with E-state index in [1.807, 2.05) is 0 Å². The molecule has 0 bridgehead atoms. The predicted molar refractivity (Wildman–Crippen MR) is 70.6 cm³/mol.